The van der Waals surface area contributed by atoms with E-state index in [-0.39, 0.29) is 36.2 Å². The summed E-state index contributed by atoms with van der Waals surface area (Å²) < 4.78 is 19.2. The van der Waals surface area contributed by atoms with E-state index in [4.69, 9.17) is 9.63 Å². The van der Waals surface area contributed by atoms with Gasteiger partial charge in [-0.05, 0) is 90.8 Å². The highest BCUT2D eigenvalue weighted by molar-refractivity contribution is 5.85. The van der Waals surface area contributed by atoms with Crippen molar-refractivity contribution in [3.05, 3.63) is 83.2 Å². The zero-order valence-corrected chi connectivity index (χ0v) is 21.1. The number of nitrogens with one attached hydrogen (secondary N) is 1. The highest BCUT2D eigenvalue weighted by Gasteiger charge is 2.36. The lowest BCUT2D eigenvalue weighted by atomic mass is 9.80. The first kappa shape index (κ1) is 25.1. The molecule has 0 amide bonds. The molecular formula is C29H27ClFN3O3. The molecule has 0 aliphatic heterocycles. The van der Waals surface area contributed by atoms with Crippen LogP contribution in [-0.4, -0.2) is 27.3 Å². The number of nitrogens with zero attached hydrogens (tertiary/aromatic N) is 2. The Balaban J connectivity index is 0.00000280. The Morgan fingerprint density at radius 2 is 1.86 bits per heavy atom. The topological polar surface area (TPSA) is 88.2 Å². The molecule has 1 saturated carbocycles. The third-order valence-corrected chi connectivity index (χ3v) is 7.44. The molecule has 2 aliphatic rings. The minimum absolute atomic E-state index is 0. The lowest BCUT2D eigenvalue weighted by Gasteiger charge is -2.35. The molecule has 2 aliphatic carbocycles. The van der Waals surface area contributed by atoms with Crippen LogP contribution >= 0.6 is 12.4 Å². The van der Waals surface area contributed by atoms with Gasteiger partial charge < -0.3 is 14.9 Å². The average molecular weight is 520 g/mol. The molecular weight excluding hydrogens is 493 g/mol. The number of halogens is 2. The third kappa shape index (κ3) is 4.89. The molecule has 3 aromatic carbocycles. The van der Waals surface area contributed by atoms with Crippen LogP contribution in [0.15, 0.2) is 65.2 Å². The number of carboxylic acid groups (broad SMARTS) is 1. The van der Waals surface area contributed by atoms with Crippen LogP contribution in [0.5, 0.6) is 0 Å². The second-order valence-electron chi connectivity index (χ2n) is 9.84. The number of hydrogen-bond donors (Lipinski definition) is 2. The lowest BCUT2D eigenvalue weighted by molar-refractivity contribution is -0.145. The van der Waals surface area contributed by atoms with Gasteiger partial charge in [-0.15, -0.1) is 12.4 Å². The van der Waals surface area contributed by atoms with E-state index in [9.17, 15) is 9.18 Å². The fourth-order valence-electron chi connectivity index (χ4n) is 5.40. The summed E-state index contributed by atoms with van der Waals surface area (Å²) in [5.74, 6) is -0.179. The molecule has 1 aromatic heterocycles. The second kappa shape index (κ2) is 10.1. The maximum atomic E-state index is 13.7. The summed E-state index contributed by atoms with van der Waals surface area (Å²) in [6.45, 7) is 1.98. The van der Waals surface area contributed by atoms with Gasteiger partial charge in [0.05, 0.1) is 5.92 Å². The minimum atomic E-state index is -0.693. The van der Waals surface area contributed by atoms with Gasteiger partial charge in [0.2, 0.25) is 5.82 Å². The summed E-state index contributed by atoms with van der Waals surface area (Å²) in [5.41, 5.74) is 7.04. The average Bonchev–Trinajstić information content (AvgIpc) is 3.48. The van der Waals surface area contributed by atoms with Crippen LogP contribution in [0.3, 0.4) is 0 Å². The Kier molecular flexibility index (Phi) is 6.84. The Morgan fingerprint density at radius 3 is 2.62 bits per heavy atom. The van der Waals surface area contributed by atoms with Crippen molar-refractivity contribution in [2.45, 2.75) is 44.7 Å². The predicted octanol–water partition coefficient (Wildman–Crippen LogP) is 6.38. The van der Waals surface area contributed by atoms with Crippen molar-refractivity contribution < 1.29 is 18.8 Å². The van der Waals surface area contributed by atoms with Crippen molar-refractivity contribution in [1.82, 2.24) is 15.5 Å². The van der Waals surface area contributed by atoms with Crippen LogP contribution < -0.4 is 5.32 Å². The molecule has 37 heavy (non-hydrogen) atoms. The van der Waals surface area contributed by atoms with Crippen molar-refractivity contribution in [3.63, 3.8) is 0 Å². The van der Waals surface area contributed by atoms with E-state index in [1.165, 1.54) is 23.3 Å². The van der Waals surface area contributed by atoms with Crippen LogP contribution in [0.25, 0.3) is 34.0 Å². The summed E-state index contributed by atoms with van der Waals surface area (Å²) in [7, 11) is 0. The van der Waals surface area contributed by atoms with Gasteiger partial charge in [-0.3, -0.25) is 4.79 Å². The molecule has 8 heteroatoms. The van der Waals surface area contributed by atoms with Crippen LogP contribution in [0.2, 0.25) is 0 Å². The zero-order valence-electron chi connectivity index (χ0n) is 20.3. The number of benzene rings is 3. The molecule has 0 radical (unpaired) electrons. The zero-order chi connectivity index (χ0) is 24.8. The molecule has 6 rings (SSSR count). The van der Waals surface area contributed by atoms with Crippen LogP contribution in [-0.2, 0) is 11.2 Å². The third-order valence-electron chi connectivity index (χ3n) is 7.44. The molecule has 190 valence electrons. The van der Waals surface area contributed by atoms with Crippen molar-refractivity contribution in [1.29, 1.82) is 0 Å². The molecule has 0 bridgehead atoms. The number of aliphatic carboxylic acids is 1. The van der Waals surface area contributed by atoms with Crippen molar-refractivity contribution in [2.24, 2.45) is 5.92 Å². The molecule has 2 N–H and O–H groups in total. The number of aromatic nitrogens is 2. The van der Waals surface area contributed by atoms with Crippen LogP contribution in [0.1, 0.15) is 42.0 Å². The maximum absolute atomic E-state index is 13.7. The highest BCUT2D eigenvalue weighted by Crippen LogP contribution is 2.37. The van der Waals surface area contributed by atoms with Crippen molar-refractivity contribution >= 4 is 18.4 Å². The molecule has 1 fully saturated rings. The SMILES string of the molecule is Cc1cc(-c2nc(-c3ccc4c(c3)CCC4NC3CC(C(=O)O)C3)no2)ccc1-c1cccc(F)c1.Cl. The molecule has 0 saturated heterocycles. The van der Waals surface area contributed by atoms with Crippen molar-refractivity contribution in [3.8, 4) is 34.0 Å². The normalized spacial score (nSPS) is 20.1. The van der Waals surface area contributed by atoms with Gasteiger partial charge in [-0.1, -0.05) is 35.5 Å². The fourth-order valence-corrected chi connectivity index (χ4v) is 5.40. The summed E-state index contributed by atoms with van der Waals surface area (Å²) in [6.07, 6.45) is 3.37. The summed E-state index contributed by atoms with van der Waals surface area (Å²) in [5, 5.41) is 17.0. The van der Waals surface area contributed by atoms with Gasteiger partial charge in [0.1, 0.15) is 5.82 Å². The van der Waals surface area contributed by atoms with E-state index in [1.807, 2.05) is 37.3 Å². The Morgan fingerprint density at radius 1 is 1.05 bits per heavy atom. The van der Waals surface area contributed by atoms with Crippen molar-refractivity contribution in [2.75, 3.05) is 0 Å². The summed E-state index contributed by atoms with van der Waals surface area (Å²) >= 11 is 0. The highest BCUT2D eigenvalue weighted by atomic mass is 35.5. The number of hydrogen-bond acceptors (Lipinski definition) is 5. The van der Waals surface area contributed by atoms with E-state index in [2.05, 4.69) is 27.6 Å². The van der Waals surface area contributed by atoms with E-state index in [1.54, 1.807) is 6.07 Å². The minimum Gasteiger partial charge on any atom is -0.481 e. The first-order valence-corrected chi connectivity index (χ1v) is 12.3. The Labute approximate surface area is 220 Å². The van der Waals surface area contributed by atoms with Gasteiger partial charge in [-0.2, -0.15) is 4.98 Å². The number of carbonyl (C=O) groups is 1. The quantitative estimate of drug-likeness (QED) is 0.307. The molecule has 1 unspecified atom stereocenters. The van der Waals surface area contributed by atoms with Gasteiger partial charge in [0.25, 0.3) is 5.89 Å². The largest absolute Gasteiger partial charge is 0.481 e. The van der Waals surface area contributed by atoms with Crippen LogP contribution in [0, 0.1) is 18.7 Å². The Bertz CT molecular complexity index is 1460. The van der Waals surface area contributed by atoms with Gasteiger partial charge in [0, 0.05) is 23.2 Å². The standard InChI is InChI=1S/C29H26FN3O3.ClH/c1-16-11-20(6-8-24(16)17-3-2-4-22(30)13-17)28-32-27(33-36-28)19-5-9-25-18(12-19)7-10-26(25)31-23-14-21(15-23)29(34)35;/h2-6,8-9,11-13,21,23,26,31H,7,10,14-15H2,1H3,(H,34,35);1H. The monoisotopic (exact) mass is 519 g/mol. The summed E-state index contributed by atoms with van der Waals surface area (Å²) in [6, 6.07) is 19.2. The predicted molar refractivity (Wildman–Crippen MR) is 141 cm³/mol. The van der Waals surface area contributed by atoms with E-state index >= 15 is 0 Å². The molecule has 0 spiro atoms. The number of carboxylic acids is 1. The second-order valence-corrected chi connectivity index (χ2v) is 9.84. The number of aryl methyl sites for hydroxylation is 2. The number of fused-ring (bicyclic) bond motifs is 1. The van der Waals surface area contributed by atoms with Gasteiger partial charge in [-0.25, -0.2) is 4.39 Å². The molecule has 6 nitrogen and oxygen atoms in total. The molecule has 1 heterocycles. The number of rotatable bonds is 6. The molecule has 4 aromatic rings. The lowest BCUT2D eigenvalue weighted by Crippen LogP contribution is -2.45. The first-order chi connectivity index (χ1) is 17.4. The summed E-state index contributed by atoms with van der Waals surface area (Å²) in [4.78, 5) is 15.7. The van der Waals surface area contributed by atoms with Gasteiger partial charge >= 0.3 is 5.97 Å². The molecule has 1 atom stereocenters. The smallest absolute Gasteiger partial charge is 0.306 e. The fraction of sp³-hybridized carbons (Fsp3) is 0.276. The van der Waals surface area contributed by atoms with E-state index in [0.717, 1.165) is 40.7 Å². The van der Waals surface area contributed by atoms with Crippen LogP contribution in [0.4, 0.5) is 4.39 Å². The first-order valence-electron chi connectivity index (χ1n) is 12.3. The van der Waals surface area contributed by atoms with Gasteiger partial charge in [0.15, 0.2) is 0 Å². The maximum Gasteiger partial charge on any atom is 0.306 e. The Hall–Kier alpha value is -3.55. The van der Waals surface area contributed by atoms with E-state index < -0.39 is 5.97 Å². The van der Waals surface area contributed by atoms with E-state index in [0.29, 0.717) is 24.6 Å².